The van der Waals surface area contributed by atoms with Crippen LogP contribution in [0.25, 0.3) is 0 Å². The Kier molecular flexibility index (Phi) is 5.14. The Morgan fingerprint density at radius 3 is 2.11 bits per heavy atom. The van der Waals surface area contributed by atoms with E-state index < -0.39 is 34.2 Å². The number of hydrogen-bond donors (Lipinski definition) is 1. The largest absolute Gasteiger partial charge is 0.322 e. The summed E-state index contributed by atoms with van der Waals surface area (Å²) in [4.78, 5) is 13.1. The number of rotatable bonds is 3. The van der Waals surface area contributed by atoms with Gasteiger partial charge in [-0.25, -0.2) is 26.4 Å². The number of halogens is 3. The van der Waals surface area contributed by atoms with Crippen molar-refractivity contribution in [1.82, 2.24) is 4.90 Å². The van der Waals surface area contributed by atoms with E-state index in [1.165, 1.54) is 24.3 Å². The molecule has 144 valence electrons. The Bertz CT molecular complexity index is 929. The zero-order chi connectivity index (χ0) is 19.7. The number of likely N-dealkylation sites (tertiary alicyclic amines) is 1. The highest BCUT2D eigenvalue weighted by Crippen LogP contribution is 2.27. The molecular formula is C18H17F3N2O3S. The molecule has 0 aromatic heterocycles. The third kappa shape index (κ3) is 4.41. The molecule has 1 fully saturated rings. The average molecular weight is 398 g/mol. The summed E-state index contributed by atoms with van der Waals surface area (Å²) in [6.45, 7) is -0.408. The number of alkyl halides is 2. The molecule has 1 saturated heterocycles. The van der Waals surface area contributed by atoms with Crippen LogP contribution in [-0.4, -0.2) is 38.4 Å². The van der Waals surface area contributed by atoms with Gasteiger partial charge in [-0.3, -0.25) is 0 Å². The maximum atomic E-state index is 13.4. The first-order valence-electron chi connectivity index (χ1n) is 8.22. The lowest BCUT2D eigenvalue weighted by molar-refractivity contribution is -0.0510. The van der Waals surface area contributed by atoms with E-state index in [-0.39, 0.29) is 34.9 Å². The molecule has 9 heteroatoms. The highest BCUT2D eigenvalue weighted by atomic mass is 32.2. The van der Waals surface area contributed by atoms with Gasteiger partial charge in [0, 0.05) is 18.7 Å². The number of amides is 2. The van der Waals surface area contributed by atoms with Crippen molar-refractivity contribution in [2.75, 3.05) is 18.4 Å². The summed E-state index contributed by atoms with van der Waals surface area (Å²) in [6, 6.07) is 9.09. The zero-order valence-electron chi connectivity index (χ0n) is 14.2. The van der Waals surface area contributed by atoms with Crippen LogP contribution in [0, 0.1) is 5.82 Å². The van der Waals surface area contributed by atoms with E-state index in [4.69, 9.17) is 0 Å². The van der Waals surface area contributed by atoms with Crippen LogP contribution in [-0.2, 0) is 9.84 Å². The van der Waals surface area contributed by atoms with Gasteiger partial charge in [0.25, 0.3) is 5.92 Å². The van der Waals surface area contributed by atoms with Gasteiger partial charge in [0.2, 0.25) is 9.84 Å². The molecule has 2 aromatic rings. The summed E-state index contributed by atoms with van der Waals surface area (Å²) >= 11 is 0. The van der Waals surface area contributed by atoms with Crippen molar-refractivity contribution in [3.63, 3.8) is 0 Å². The standard InChI is InChI=1S/C18H17F3N2O3S/c19-13-2-6-15(7-3-13)27(25,26)16-8-4-14(5-9-16)22-17(24)23-11-1-10-18(20,21)12-23/h2-9H,1,10-12H2,(H,22,24). The fourth-order valence-corrected chi connectivity index (χ4v) is 4.07. The van der Waals surface area contributed by atoms with Crippen molar-refractivity contribution in [3.8, 4) is 0 Å². The van der Waals surface area contributed by atoms with Crippen molar-refractivity contribution in [1.29, 1.82) is 0 Å². The minimum atomic E-state index is -3.83. The lowest BCUT2D eigenvalue weighted by Crippen LogP contribution is -2.47. The number of carbonyl (C=O) groups excluding carboxylic acids is 1. The predicted molar refractivity (Wildman–Crippen MR) is 93.1 cm³/mol. The number of benzene rings is 2. The number of urea groups is 1. The average Bonchev–Trinajstić information content (AvgIpc) is 2.61. The van der Waals surface area contributed by atoms with E-state index in [2.05, 4.69) is 5.32 Å². The van der Waals surface area contributed by atoms with Gasteiger partial charge in [0.15, 0.2) is 0 Å². The normalized spacial score (nSPS) is 16.8. The molecular weight excluding hydrogens is 381 g/mol. The lowest BCUT2D eigenvalue weighted by Gasteiger charge is -2.32. The van der Waals surface area contributed by atoms with Crippen LogP contribution in [0.5, 0.6) is 0 Å². The zero-order valence-corrected chi connectivity index (χ0v) is 15.0. The molecule has 1 aliphatic heterocycles. The van der Waals surface area contributed by atoms with Gasteiger partial charge >= 0.3 is 6.03 Å². The van der Waals surface area contributed by atoms with Gasteiger partial charge in [0.1, 0.15) is 5.82 Å². The summed E-state index contributed by atoms with van der Waals surface area (Å²) in [5, 5.41) is 2.48. The number of anilines is 1. The van der Waals surface area contributed by atoms with Crippen LogP contribution in [0.4, 0.5) is 23.7 Å². The van der Waals surface area contributed by atoms with Crippen LogP contribution in [0.3, 0.4) is 0 Å². The second kappa shape index (κ2) is 7.22. The van der Waals surface area contributed by atoms with E-state index in [1.807, 2.05) is 0 Å². The molecule has 0 spiro atoms. The Labute approximate surface area is 154 Å². The third-order valence-electron chi connectivity index (χ3n) is 4.22. The minimum Gasteiger partial charge on any atom is -0.318 e. The molecule has 3 rings (SSSR count). The summed E-state index contributed by atoms with van der Waals surface area (Å²) in [7, 11) is -3.83. The number of hydrogen-bond acceptors (Lipinski definition) is 3. The first-order chi connectivity index (χ1) is 12.7. The molecule has 1 aliphatic rings. The molecule has 2 amide bonds. The number of nitrogens with one attached hydrogen (secondary N) is 1. The molecule has 0 bridgehead atoms. The Morgan fingerprint density at radius 1 is 1.00 bits per heavy atom. The molecule has 2 aromatic carbocycles. The van der Waals surface area contributed by atoms with E-state index in [0.717, 1.165) is 29.2 Å². The third-order valence-corrected chi connectivity index (χ3v) is 6.01. The fraction of sp³-hybridized carbons (Fsp3) is 0.278. The molecule has 1 N–H and O–H groups in total. The van der Waals surface area contributed by atoms with Gasteiger partial charge in [-0.05, 0) is 55.0 Å². The highest BCUT2D eigenvalue weighted by molar-refractivity contribution is 7.91. The smallest absolute Gasteiger partial charge is 0.318 e. The SMILES string of the molecule is O=C(Nc1ccc(S(=O)(=O)c2ccc(F)cc2)cc1)N1CCCC(F)(F)C1. The molecule has 5 nitrogen and oxygen atoms in total. The molecule has 0 unspecified atom stereocenters. The molecule has 0 aliphatic carbocycles. The number of nitrogens with zero attached hydrogens (tertiary/aromatic N) is 1. The molecule has 0 radical (unpaired) electrons. The molecule has 0 saturated carbocycles. The number of sulfone groups is 1. The van der Waals surface area contributed by atoms with Crippen LogP contribution < -0.4 is 5.32 Å². The van der Waals surface area contributed by atoms with Crippen molar-refractivity contribution in [3.05, 3.63) is 54.3 Å². The van der Waals surface area contributed by atoms with E-state index in [9.17, 15) is 26.4 Å². The Morgan fingerprint density at radius 2 is 1.56 bits per heavy atom. The van der Waals surface area contributed by atoms with Gasteiger partial charge < -0.3 is 10.2 Å². The lowest BCUT2D eigenvalue weighted by atomic mass is 10.1. The van der Waals surface area contributed by atoms with Gasteiger partial charge in [-0.1, -0.05) is 0 Å². The van der Waals surface area contributed by atoms with Crippen LogP contribution in [0.15, 0.2) is 58.3 Å². The Hall–Kier alpha value is -2.55. The van der Waals surface area contributed by atoms with Gasteiger partial charge in [-0.2, -0.15) is 0 Å². The van der Waals surface area contributed by atoms with Gasteiger partial charge in [-0.15, -0.1) is 0 Å². The maximum absolute atomic E-state index is 13.4. The quantitative estimate of drug-likeness (QED) is 0.797. The van der Waals surface area contributed by atoms with Crippen molar-refractivity contribution in [2.45, 2.75) is 28.6 Å². The minimum absolute atomic E-state index is 0.0309. The first kappa shape index (κ1) is 19.2. The van der Waals surface area contributed by atoms with Crippen LogP contribution in [0.1, 0.15) is 12.8 Å². The van der Waals surface area contributed by atoms with Gasteiger partial charge in [0.05, 0.1) is 16.3 Å². The topological polar surface area (TPSA) is 66.5 Å². The molecule has 0 atom stereocenters. The second-order valence-corrected chi connectivity index (χ2v) is 8.24. The van der Waals surface area contributed by atoms with Crippen molar-refractivity contribution < 1.29 is 26.4 Å². The summed E-state index contributed by atoms with van der Waals surface area (Å²) in [5.74, 6) is -3.45. The summed E-state index contributed by atoms with van der Waals surface area (Å²) in [6.07, 6.45) is -0.0258. The highest BCUT2D eigenvalue weighted by Gasteiger charge is 2.37. The fourth-order valence-electron chi connectivity index (χ4n) is 2.81. The summed E-state index contributed by atoms with van der Waals surface area (Å²) < 4.78 is 64.8. The Balaban J connectivity index is 1.72. The molecule has 1 heterocycles. The van der Waals surface area contributed by atoms with Crippen LogP contribution >= 0.6 is 0 Å². The maximum Gasteiger partial charge on any atom is 0.322 e. The van der Waals surface area contributed by atoms with Crippen molar-refractivity contribution >= 4 is 21.6 Å². The van der Waals surface area contributed by atoms with Crippen LogP contribution in [0.2, 0.25) is 0 Å². The second-order valence-electron chi connectivity index (χ2n) is 6.29. The van der Waals surface area contributed by atoms with Crippen molar-refractivity contribution in [2.24, 2.45) is 0 Å². The number of piperidine rings is 1. The number of carbonyl (C=O) groups is 1. The van der Waals surface area contributed by atoms with E-state index >= 15 is 0 Å². The molecule has 27 heavy (non-hydrogen) atoms. The predicted octanol–water partition coefficient (Wildman–Crippen LogP) is 3.92. The monoisotopic (exact) mass is 398 g/mol. The van der Waals surface area contributed by atoms with E-state index in [1.54, 1.807) is 0 Å². The van der Waals surface area contributed by atoms with E-state index in [0.29, 0.717) is 0 Å². The summed E-state index contributed by atoms with van der Waals surface area (Å²) in [5.41, 5.74) is 0.284. The first-order valence-corrected chi connectivity index (χ1v) is 9.70.